The van der Waals surface area contributed by atoms with Gasteiger partial charge < -0.3 is 5.73 Å². The molecule has 0 fully saturated rings. The predicted octanol–water partition coefficient (Wildman–Crippen LogP) is 2.78. The average Bonchev–Trinajstić information content (AvgIpc) is 2.68. The first-order chi connectivity index (χ1) is 8.66. The summed E-state index contributed by atoms with van der Waals surface area (Å²) in [6.45, 7) is 1.89. The van der Waals surface area contributed by atoms with Crippen LogP contribution >= 0.6 is 0 Å². The van der Waals surface area contributed by atoms with Crippen LogP contribution in [0.1, 0.15) is 29.7 Å². The standard InChI is InChI=1S/C14H16FN3/c1-9-8-10(15)6-7-12(9)18-13-5-3-2-4-11(13)14(16)17-18/h6-8H,2-5H2,1H3,(H2,16,17). The van der Waals surface area contributed by atoms with Crippen molar-refractivity contribution in [3.05, 3.63) is 40.8 Å². The molecule has 0 amide bonds. The number of benzene rings is 1. The van der Waals surface area contributed by atoms with Crippen molar-refractivity contribution >= 4 is 5.82 Å². The molecule has 0 saturated carbocycles. The predicted molar refractivity (Wildman–Crippen MR) is 69.3 cm³/mol. The van der Waals surface area contributed by atoms with Crippen molar-refractivity contribution in [3.63, 3.8) is 0 Å². The number of halogens is 1. The topological polar surface area (TPSA) is 43.8 Å². The summed E-state index contributed by atoms with van der Waals surface area (Å²) in [4.78, 5) is 0. The number of fused-ring (bicyclic) bond motifs is 1. The molecule has 3 nitrogen and oxygen atoms in total. The molecule has 0 bridgehead atoms. The van der Waals surface area contributed by atoms with Crippen molar-refractivity contribution in [3.8, 4) is 5.69 Å². The van der Waals surface area contributed by atoms with E-state index in [1.165, 1.54) is 36.2 Å². The number of hydrogen-bond donors (Lipinski definition) is 1. The van der Waals surface area contributed by atoms with E-state index < -0.39 is 0 Å². The van der Waals surface area contributed by atoms with Crippen LogP contribution < -0.4 is 5.73 Å². The van der Waals surface area contributed by atoms with Gasteiger partial charge in [0.15, 0.2) is 0 Å². The van der Waals surface area contributed by atoms with Crippen LogP contribution in [-0.4, -0.2) is 9.78 Å². The third-order valence-electron chi connectivity index (χ3n) is 3.60. The number of anilines is 1. The third kappa shape index (κ3) is 1.68. The van der Waals surface area contributed by atoms with Gasteiger partial charge in [-0.3, -0.25) is 0 Å². The van der Waals surface area contributed by atoms with E-state index in [1.54, 1.807) is 6.07 Å². The second-order valence-electron chi connectivity index (χ2n) is 4.86. The molecule has 3 rings (SSSR count). The first-order valence-electron chi connectivity index (χ1n) is 6.29. The van der Waals surface area contributed by atoms with E-state index in [9.17, 15) is 4.39 Å². The Labute approximate surface area is 105 Å². The smallest absolute Gasteiger partial charge is 0.149 e. The molecule has 0 atom stereocenters. The second-order valence-corrected chi connectivity index (χ2v) is 4.86. The van der Waals surface area contributed by atoms with Gasteiger partial charge in [0.25, 0.3) is 0 Å². The lowest BCUT2D eigenvalue weighted by atomic mass is 9.97. The average molecular weight is 245 g/mol. The van der Waals surface area contributed by atoms with Crippen molar-refractivity contribution in [2.24, 2.45) is 0 Å². The quantitative estimate of drug-likeness (QED) is 0.839. The maximum atomic E-state index is 13.2. The Bertz CT molecular complexity index is 601. The van der Waals surface area contributed by atoms with E-state index in [1.807, 2.05) is 11.6 Å². The van der Waals surface area contributed by atoms with Crippen LogP contribution in [0, 0.1) is 12.7 Å². The van der Waals surface area contributed by atoms with E-state index in [0.717, 1.165) is 24.1 Å². The molecule has 1 aromatic carbocycles. The number of aryl methyl sites for hydroxylation is 1. The molecular formula is C14H16FN3. The molecule has 0 aliphatic heterocycles. The highest BCUT2D eigenvalue weighted by atomic mass is 19.1. The molecule has 1 aliphatic rings. The maximum Gasteiger partial charge on any atom is 0.149 e. The van der Waals surface area contributed by atoms with E-state index in [2.05, 4.69) is 5.10 Å². The van der Waals surface area contributed by atoms with Crippen LogP contribution in [0.5, 0.6) is 0 Å². The molecule has 2 N–H and O–H groups in total. The minimum absolute atomic E-state index is 0.217. The van der Waals surface area contributed by atoms with Gasteiger partial charge >= 0.3 is 0 Å². The number of nitrogens with two attached hydrogens (primary N) is 1. The lowest BCUT2D eigenvalue weighted by Gasteiger charge is -2.15. The second kappa shape index (κ2) is 4.12. The Kier molecular flexibility index (Phi) is 2.58. The third-order valence-corrected chi connectivity index (χ3v) is 3.60. The molecule has 94 valence electrons. The van der Waals surface area contributed by atoms with Gasteiger partial charge in [-0.25, -0.2) is 9.07 Å². The van der Waals surface area contributed by atoms with E-state index in [4.69, 9.17) is 5.73 Å². The Morgan fingerprint density at radius 2 is 2.06 bits per heavy atom. The number of aromatic nitrogens is 2. The first-order valence-corrected chi connectivity index (χ1v) is 6.29. The summed E-state index contributed by atoms with van der Waals surface area (Å²) in [5, 5.41) is 4.42. The van der Waals surface area contributed by atoms with E-state index >= 15 is 0 Å². The first kappa shape index (κ1) is 11.3. The largest absolute Gasteiger partial charge is 0.382 e. The number of nitrogens with zero attached hydrogens (tertiary/aromatic N) is 2. The highest BCUT2D eigenvalue weighted by Gasteiger charge is 2.20. The minimum Gasteiger partial charge on any atom is -0.382 e. The zero-order chi connectivity index (χ0) is 12.7. The van der Waals surface area contributed by atoms with Gasteiger partial charge in [0.1, 0.15) is 11.6 Å². The highest BCUT2D eigenvalue weighted by Crippen LogP contribution is 2.29. The lowest BCUT2D eigenvalue weighted by molar-refractivity contribution is 0.623. The molecule has 0 saturated heterocycles. The molecule has 1 aromatic heterocycles. The van der Waals surface area contributed by atoms with Gasteiger partial charge in [-0.05, 0) is 56.4 Å². The van der Waals surface area contributed by atoms with Gasteiger partial charge in [-0.1, -0.05) is 0 Å². The van der Waals surface area contributed by atoms with Crippen LogP contribution in [0.4, 0.5) is 10.2 Å². The van der Waals surface area contributed by atoms with Gasteiger partial charge in [0, 0.05) is 11.3 Å². The summed E-state index contributed by atoms with van der Waals surface area (Å²) in [7, 11) is 0. The van der Waals surface area contributed by atoms with Crippen molar-refractivity contribution in [1.29, 1.82) is 0 Å². The zero-order valence-corrected chi connectivity index (χ0v) is 10.4. The number of rotatable bonds is 1. The van der Waals surface area contributed by atoms with Crippen LogP contribution in [0.3, 0.4) is 0 Å². The SMILES string of the molecule is Cc1cc(F)ccc1-n1nc(N)c2c1CCCC2. The van der Waals surface area contributed by atoms with Crippen molar-refractivity contribution < 1.29 is 4.39 Å². The number of hydrogen-bond acceptors (Lipinski definition) is 2. The normalized spacial score (nSPS) is 14.6. The number of nitrogen functional groups attached to an aromatic ring is 1. The van der Waals surface area contributed by atoms with Crippen molar-refractivity contribution in [2.45, 2.75) is 32.6 Å². The highest BCUT2D eigenvalue weighted by molar-refractivity contribution is 5.50. The van der Waals surface area contributed by atoms with Crippen LogP contribution in [0.2, 0.25) is 0 Å². The van der Waals surface area contributed by atoms with Crippen LogP contribution in [-0.2, 0) is 12.8 Å². The van der Waals surface area contributed by atoms with Gasteiger partial charge in [0.05, 0.1) is 5.69 Å². The summed E-state index contributed by atoms with van der Waals surface area (Å²) in [6, 6.07) is 4.77. The minimum atomic E-state index is -0.217. The molecule has 1 aliphatic carbocycles. The fourth-order valence-corrected chi connectivity index (χ4v) is 2.68. The van der Waals surface area contributed by atoms with Crippen LogP contribution in [0.25, 0.3) is 5.69 Å². The Morgan fingerprint density at radius 1 is 1.28 bits per heavy atom. The molecule has 0 spiro atoms. The summed E-state index contributed by atoms with van der Waals surface area (Å²) >= 11 is 0. The van der Waals surface area contributed by atoms with Gasteiger partial charge in [0.2, 0.25) is 0 Å². The summed E-state index contributed by atoms with van der Waals surface area (Å²) in [5.41, 5.74) is 10.1. The lowest BCUT2D eigenvalue weighted by Crippen LogP contribution is -2.09. The van der Waals surface area contributed by atoms with Crippen LogP contribution in [0.15, 0.2) is 18.2 Å². The Morgan fingerprint density at radius 3 is 2.83 bits per heavy atom. The fourth-order valence-electron chi connectivity index (χ4n) is 2.68. The maximum absolute atomic E-state index is 13.2. The monoisotopic (exact) mass is 245 g/mol. The Hall–Kier alpha value is -1.84. The molecule has 1 heterocycles. The molecule has 18 heavy (non-hydrogen) atoms. The van der Waals surface area contributed by atoms with E-state index in [0.29, 0.717) is 5.82 Å². The molecule has 2 aromatic rings. The molecule has 0 radical (unpaired) electrons. The van der Waals surface area contributed by atoms with Gasteiger partial charge in [-0.15, -0.1) is 0 Å². The summed E-state index contributed by atoms with van der Waals surface area (Å²) in [5.74, 6) is 0.402. The van der Waals surface area contributed by atoms with Crippen molar-refractivity contribution in [1.82, 2.24) is 9.78 Å². The summed E-state index contributed by atoms with van der Waals surface area (Å²) in [6.07, 6.45) is 4.33. The zero-order valence-electron chi connectivity index (χ0n) is 10.4. The van der Waals surface area contributed by atoms with Crippen molar-refractivity contribution in [2.75, 3.05) is 5.73 Å². The molecule has 0 unspecified atom stereocenters. The molecule has 4 heteroatoms. The Balaban J connectivity index is 2.17. The van der Waals surface area contributed by atoms with E-state index in [-0.39, 0.29) is 5.82 Å². The van der Waals surface area contributed by atoms with Gasteiger partial charge in [-0.2, -0.15) is 5.10 Å². The summed E-state index contributed by atoms with van der Waals surface area (Å²) < 4.78 is 15.0. The fraction of sp³-hybridized carbons (Fsp3) is 0.357. The molecular weight excluding hydrogens is 229 g/mol.